The maximum Gasteiger partial charge on any atom is 0.245 e. The van der Waals surface area contributed by atoms with Crippen LogP contribution in [-0.2, 0) is 83.1 Å². The van der Waals surface area contributed by atoms with Gasteiger partial charge in [0.15, 0.2) is 0 Å². The van der Waals surface area contributed by atoms with Gasteiger partial charge in [0, 0.05) is 18.3 Å². The third-order valence-electron chi connectivity index (χ3n) is 20.1. The highest BCUT2D eigenvalue weighted by molar-refractivity contribution is 7.98. The molecule has 0 aromatic carbocycles. The second-order valence-corrected chi connectivity index (χ2v) is 33.1. The number of hydrogen-bond acceptors (Lipinski definition) is 26. The molecule has 1 rings (SSSR count). The van der Waals surface area contributed by atoms with Crippen LogP contribution in [0.2, 0.25) is 0 Å². The van der Waals surface area contributed by atoms with Crippen LogP contribution in [0.25, 0.3) is 0 Å². The van der Waals surface area contributed by atoms with Crippen molar-refractivity contribution in [2.75, 3.05) is 70.0 Å². The lowest BCUT2D eigenvalue weighted by atomic mass is 9.97. The van der Waals surface area contributed by atoms with Crippen LogP contribution in [0.3, 0.4) is 0 Å². The second-order valence-electron chi connectivity index (χ2n) is 31.1. The highest BCUT2D eigenvalue weighted by Gasteiger charge is 2.39. The fourth-order valence-electron chi connectivity index (χ4n) is 12.4. The minimum atomic E-state index is -1.78. The first kappa shape index (κ1) is 110. The lowest BCUT2D eigenvalue weighted by molar-refractivity contribution is -0.137. The first-order valence-corrected chi connectivity index (χ1v) is 44.7. The number of imidazole rings is 1. The summed E-state index contributed by atoms with van der Waals surface area (Å²) in [4.78, 5) is 230. The van der Waals surface area contributed by atoms with Gasteiger partial charge in [-0.15, -0.1) is 0 Å². The Morgan fingerprint density at radius 1 is 0.364 bits per heavy atom. The van der Waals surface area contributed by atoms with Crippen LogP contribution in [0.4, 0.5) is 0 Å². The monoisotopic (exact) mass is 1750 g/mol. The maximum atomic E-state index is 14.7. The fraction of sp³-hybridized carbons (Fsp3) is 0.756. The van der Waals surface area contributed by atoms with Crippen LogP contribution in [0.5, 0.6) is 0 Å². The minimum Gasteiger partial charge on any atom is -0.394 e. The zero-order chi connectivity index (χ0) is 91.4. The lowest BCUT2D eigenvalue weighted by Crippen LogP contribution is -2.62. The van der Waals surface area contributed by atoms with Gasteiger partial charge in [-0.1, -0.05) is 68.2 Å². The number of unbranched alkanes of at least 4 members (excludes halogenated alkanes) is 4. The molecule has 16 amide bonds. The highest BCUT2D eigenvalue weighted by atomic mass is 32.2. The van der Waals surface area contributed by atoms with Gasteiger partial charge in [-0.2, -0.15) is 23.5 Å². The van der Waals surface area contributed by atoms with Gasteiger partial charge in [0.1, 0.15) is 90.6 Å². The molecular weight excluding hydrogens is 1610 g/mol. The third kappa shape index (κ3) is 42.7. The normalized spacial score (nSPS) is 15.5. The van der Waals surface area contributed by atoms with Crippen LogP contribution in [-0.4, -0.2) is 275 Å². The summed E-state index contributed by atoms with van der Waals surface area (Å²) < 4.78 is 0. The number of rotatable bonds is 65. The summed E-state index contributed by atoms with van der Waals surface area (Å²) in [5.41, 5.74) is 34.6. The average Bonchev–Trinajstić information content (AvgIpc) is 1.63. The van der Waals surface area contributed by atoms with Crippen molar-refractivity contribution in [1.82, 2.24) is 89.7 Å². The number of H-pyrrole nitrogens is 1. The molecule has 0 radical (unpaired) electrons. The zero-order valence-electron chi connectivity index (χ0n) is 72.6. The molecule has 0 spiro atoms. The summed E-state index contributed by atoms with van der Waals surface area (Å²) in [6.45, 7) is 15.3. The molecule has 30 N–H and O–H groups in total. The molecule has 43 heteroatoms. The number of carbonyl (C=O) groups excluding carboxylic acids is 16. The molecule has 0 aliphatic heterocycles. The number of thioether (sulfide) groups is 2. The van der Waals surface area contributed by atoms with Crippen LogP contribution >= 0.6 is 23.5 Å². The topological polar surface area (TPSA) is 679 Å². The first-order valence-electron chi connectivity index (χ1n) is 41.9. The zero-order valence-corrected chi connectivity index (χ0v) is 74.2. The number of aliphatic hydroxyl groups is 2. The molecule has 0 saturated heterocycles. The molecule has 41 nitrogen and oxygen atoms in total. The molecule has 0 saturated carbocycles. The number of nitrogens with two attached hydrogens (primary N) is 6. The van der Waals surface area contributed by atoms with Crippen LogP contribution in [0, 0.1) is 23.7 Å². The Kier molecular flexibility index (Phi) is 55.9. The summed E-state index contributed by atoms with van der Waals surface area (Å²) >= 11 is 2.68. The predicted octanol–water partition coefficient (Wildman–Crippen LogP) is -5.10. The maximum absolute atomic E-state index is 14.7. The summed E-state index contributed by atoms with van der Waals surface area (Å²) in [7, 11) is 0. The van der Waals surface area contributed by atoms with Gasteiger partial charge in [0.25, 0.3) is 0 Å². The second kappa shape index (κ2) is 61.4. The van der Waals surface area contributed by atoms with E-state index in [1.165, 1.54) is 49.9 Å². The quantitative estimate of drug-likeness (QED) is 0.0271. The van der Waals surface area contributed by atoms with Gasteiger partial charge >= 0.3 is 0 Å². The molecule has 0 fully saturated rings. The van der Waals surface area contributed by atoms with Crippen LogP contribution in [0.15, 0.2) is 12.5 Å². The molecule has 1 heterocycles. The van der Waals surface area contributed by atoms with E-state index in [4.69, 9.17) is 34.4 Å². The molecule has 0 unspecified atom stereocenters. The average molecular weight is 1760 g/mol. The number of hydrogen-bond donors (Lipinski definition) is 24. The van der Waals surface area contributed by atoms with E-state index in [0.29, 0.717) is 88.0 Å². The lowest BCUT2D eigenvalue weighted by Gasteiger charge is -2.29. The molecular formula is C78H143N23O18S2. The van der Waals surface area contributed by atoms with Crippen molar-refractivity contribution in [3.05, 3.63) is 18.2 Å². The van der Waals surface area contributed by atoms with Gasteiger partial charge in [-0.05, 0) is 190 Å². The van der Waals surface area contributed by atoms with Crippen LogP contribution < -0.4 is 114 Å². The van der Waals surface area contributed by atoms with Gasteiger partial charge in [0.2, 0.25) is 94.5 Å². The minimum absolute atomic E-state index is 0.000820. The Hall–Kier alpha value is -8.85. The van der Waals surface area contributed by atoms with Crippen molar-refractivity contribution in [2.24, 2.45) is 58.1 Å². The van der Waals surface area contributed by atoms with Crippen LogP contribution in [0.1, 0.15) is 191 Å². The molecule has 0 aliphatic carbocycles. The van der Waals surface area contributed by atoms with Crippen molar-refractivity contribution < 1.29 is 86.9 Å². The Morgan fingerprint density at radius 2 is 0.653 bits per heavy atom. The first-order chi connectivity index (χ1) is 57.4. The van der Waals surface area contributed by atoms with E-state index in [-0.39, 0.29) is 95.2 Å². The van der Waals surface area contributed by atoms with Gasteiger partial charge < -0.3 is 129 Å². The number of aromatic nitrogens is 2. The van der Waals surface area contributed by atoms with E-state index in [9.17, 15) is 86.9 Å². The molecule has 690 valence electrons. The van der Waals surface area contributed by atoms with Crippen molar-refractivity contribution in [2.45, 2.75) is 282 Å². The van der Waals surface area contributed by atoms with E-state index in [2.05, 4.69) is 89.7 Å². The fourth-order valence-corrected chi connectivity index (χ4v) is 13.3. The molecule has 0 bridgehead atoms. The third-order valence-corrected chi connectivity index (χ3v) is 21.3. The van der Waals surface area contributed by atoms with E-state index in [1.807, 2.05) is 0 Å². The Bertz CT molecular complexity index is 3390. The summed E-state index contributed by atoms with van der Waals surface area (Å²) in [5.74, 6) is -14.1. The number of primary amides is 1. The predicted molar refractivity (Wildman–Crippen MR) is 460 cm³/mol. The number of nitrogens with one attached hydrogen (secondary N) is 16. The van der Waals surface area contributed by atoms with E-state index < -0.39 is 211 Å². The van der Waals surface area contributed by atoms with Crippen molar-refractivity contribution >= 4 is 118 Å². The summed E-state index contributed by atoms with van der Waals surface area (Å²) in [6, 6.07) is -20.3. The molecule has 1 aromatic rings. The highest BCUT2D eigenvalue weighted by Crippen LogP contribution is 2.17. The number of aromatic amines is 1. The number of amides is 16. The molecule has 0 aliphatic rings. The Morgan fingerprint density at radius 3 is 0.992 bits per heavy atom. The standard InChI is InChI=1S/C78H143N23O18S2/c1-13-45(7)62(100-61(104)38-83)78(119)94-55(28-34-121-12)71(112)98-60(41-103)76(117)99-59(40-102)75(116)96-57(36-44(5)6)73(114)93-54(27-33-120-11)70(111)92-52(25-17-21-31-81)67(108)91-53(26-18-22-32-82)69(110)95-56(35-43(3)4)72(113)87-47(9)66(107)90-51(24-16-20-30-80)68(109)97-58(37-49-39-85-42-86-49)74(115)101-63(46(8)14-2)77(118)88-48(10)65(106)89-50(64(84)105)23-15-19-29-79/h39,42-48,50-60,62-63,102-103H,13-38,40-41,79-83H2,1-12H3,(H2,84,105)(H,85,86)(H,87,113)(H,88,118)(H,89,106)(H,90,107)(H,91,108)(H,92,111)(H,93,114)(H,94,119)(H,95,110)(H,96,116)(H,97,109)(H,98,112)(H,99,117)(H,100,104)(H,101,115)/t45-,46-,47-,48-,50-,51-,52-,53-,54-,55-,56-,57-,58-,59-,60-,62-,63-/m0/s1. The number of nitrogens with zero attached hydrogens (tertiary/aromatic N) is 1. The smallest absolute Gasteiger partial charge is 0.245 e. The number of carbonyl (C=O) groups is 16. The SMILES string of the molecule is CC[C@H](C)[C@H](NC(=O)CN)C(=O)N[C@@H](CCSC)C(=O)N[C@@H](CO)C(=O)N[C@@H](CO)C(=O)N[C@@H](CC(C)C)C(=O)N[C@@H](CCSC)C(=O)N[C@@H](CCCCN)C(=O)N[C@@H](CCCCN)C(=O)N[C@@H](CC(C)C)C(=O)N[C@@H](C)C(=O)N[C@@H](CCCCN)C(=O)N[C@@H](Cc1cnc[nH]1)C(=O)N[C@H](C(=O)N[C@@H](C)C(=O)N[C@@H](CCCCN)C(N)=O)[C@@H](C)CC. The largest absolute Gasteiger partial charge is 0.394 e. The van der Waals surface area contributed by atoms with Crippen molar-refractivity contribution in [1.29, 1.82) is 0 Å². The molecule has 121 heavy (non-hydrogen) atoms. The number of aliphatic hydroxyl groups excluding tert-OH is 2. The van der Waals surface area contributed by atoms with E-state index in [1.54, 1.807) is 67.9 Å². The van der Waals surface area contributed by atoms with E-state index in [0.717, 1.165) is 0 Å². The van der Waals surface area contributed by atoms with Gasteiger partial charge in [-0.3, -0.25) is 76.7 Å². The molecule has 17 atom stereocenters. The van der Waals surface area contributed by atoms with Gasteiger partial charge in [-0.25, -0.2) is 4.98 Å². The van der Waals surface area contributed by atoms with Crippen molar-refractivity contribution in [3.63, 3.8) is 0 Å². The molecule has 1 aromatic heterocycles. The van der Waals surface area contributed by atoms with Crippen molar-refractivity contribution in [3.8, 4) is 0 Å². The Labute approximate surface area is 719 Å². The Balaban J connectivity index is 3.58. The summed E-state index contributed by atoms with van der Waals surface area (Å²) in [5, 5.41) is 60.1. The van der Waals surface area contributed by atoms with Gasteiger partial charge in [0.05, 0.1) is 26.1 Å². The summed E-state index contributed by atoms with van der Waals surface area (Å²) in [6.07, 6.45) is 10.4. The van der Waals surface area contributed by atoms with E-state index >= 15 is 0 Å².